The number of carbonyl (C=O) groups is 3. The van der Waals surface area contributed by atoms with Gasteiger partial charge in [-0.15, -0.1) is 0 Å². The lowest BCUT2D eigenvalue weighted by atomic mass is 10.2. The van der Waals surface area contributed by atoms with Crippen LogP contribution in [0.25, 0.3) is 0 Å². The van der Waals surface area contributed by atoms with Crippen molar-refractivity contribution in [2.24, 2.45) is 0 Å². The van der Waals surface area contributed by atoms with Gasteiger partial charge in [0.15, 0.2) is 0 Å². The molecule has 1 heterocycles. The third-order valence-electron chi connectivity index (χ3n) is 2.41. The van der Waals surface area contributed by atoms with Gasteiger partial charge in [-0.25, -0.2) is 4.79 Å². The average Bonchev–Trinajstić information content (AvgIpc) is 2.62. The maximum Gasteiger partial charge on any atom is 0.326 e. The molecule has 0 saturated carbocycles. The van der Waals surface area contributed by atoms with E-state index in [1.54, 1.807) is 0 Å². The topological polar surface area (TPSA) is 94.9 Å². The minimum absolute atomic E-state index is 0. The number of carboxylic acid groups (broad SMARTS) is 2. The van der Waals surface area contributed by atoms with E-state index >= 15 is 0 Å². The molecule has 1 saturated heterocycles. The largest absolute Gasteiger partial charge is 0.481 e. The smallest absolute Gasteiger partial charge is 0.326 e. The fraction of sp³-hybridized carbons (Fsp3) is 0.700. The maximum absolute atomic E-state index is 11.5. The number of likely N-dealkylation sites (tertiary alicyclic amines) is 1. The first kappa shape index (κ1) is 14.4. The highest BCUT2D eigenvalue weighted by Crippen LogP contribution is 2.18. The third-order valence-corrected chi connectivity index (χ3v) is 2.41. The Bertz CT molecular complexity index is 289. The average molecular weight is 231 g/mol. The van der Waals surface area contributed by atoms with Crippen molar-refractivity contribution in [2.75, 3.05) is 6.54 Å². The molecule has 1 amide bonds. The van der Waals surface area contributed by atoms with Crippen LogP contribution in [-0.2, 0) is 14.4 Å². The van der Waals surface area contributed by atoms with Crippen LogP contribution >= 0.6 is 0 Å². The highest BCUT2D eigenvalue weighted by molar-refractivity contribution is 5.86. The highest BCUT2D eigenvalue weighted by atomic mass is 16.4. The lowest BCUT2D eigenvalue weighted by Gasteiger charge is -2.20. The van der Waals surface area contributed by atoms with Gasteiger partial charge in [0.05, 0.1) is 6.42 Å². The van der Waals surface area contributed by atoms with Crippen LogP contribution in [0.4, 0.5) is 0 Å². The molecule has 92 valence electrons. The van der Waals surface area contributed by atoms with Gasteiger partial charge in [0.25, 0.3) is 0 Å². The second-order valence-corrected chi connectivity index (χ2v) is 3.48. The second-order valence-electron chi connectivity index (χ2n) is 3.48. The summed E-state index contributed by atoms with van der Waals surface area (Å²) in [6.07, 6.45) is 0.741. The predicted octanol–water partition coefficient (Wildman–Crippen LogP) is 0.563. The summed E-state index contributed by atoms with van der Waals surface area (Å²) in [6, 6.07) is -0.772. The molecule has 1 rings (SSSR count). The van der Waals surface area contributed by atoms with E-state index in [9.17, 15) is 14.4 Å². The molecule has 0 aromatic rings. The Morgan fingerprint density at radius 1 is 1.19 bits per heavy atom. The first-order chi connectivity index (χ1) is 7.02. The Kier molecular flexibility index (Phi) is 5.49. The molecule has 0 aromatic carbocycles. The van der Waals surface area contributed by atoms with Crippen molar-refractivity contribution < 1.29 is 24.6 Å². The van der Waals surface area contributed by atoms with Crippen LogP contribution in [0.2, 0.25) is 0 Å². The van der Waals surface area contributed by atoms with Crippen molar-refractivity contribution in [2.45, 2.75) is 39.2 Å². The summed E-state index contributed by atoms with van der Waals surface area (Å²) in [6.45, 7) is 0.412. The van der Waals surface area contributed by atoms with Gasteiger partial charge in [-0.05, 0) is 12.8 Å². The molecule has 6 heteroatoms. The Labute approximate surface area is 93.9 Å². The van der Waals surface area contributed by atoms with E-state index in [-0.39, 0.29) is 26.2 Å². The number of aliphatic carboxylic acids is 2. The number of rotatable bonds is 4. The lowest BCUT2D eigenvalue weighted by Crippen LogP contribution is -2.40. The SMILES string of the molecule is C.O=C(O)CCC(=O)N1CCC[C@H]1C(=O)O. The molecule has 1 aliphatic rings. The normalized spacial score (nSPS) is 19.0. The van der Waals surface area contributed by atoms with Crippen LogP contribution in [0, 0.1) is 0 Å². The molecule has 1 aliphatic heterocycles. The summed E-state index contributed by atoms with van der Waals surface area (Å²) >= 11 is 0. The van der Waals surface area contributed by atoms with E-state index in [0.717, 1.165) is 0 Å². The molecule has 1 fully saturated rings. The fourth-order valence-electron chi connectivity index (χ4n) is 1.68. The van der Waals surface area contributed by atoms with Crippen LogP contribution in [0.1, 0.15) is 33.1 Å². The quantitative estimate of drug-likeness (QED) is 0.737. The second kappa shape index (κ2) is 6.09. The van der Waals surface area contributed by atoms with Crippen molar-refractivity contribution in [3.8, 4) is 0 Å². The zero-order valence-electron chi connectivity index (χ0n) is 8.18. The van der Waals surface area contributed by atoms with E-state index in [0.29, 0.717) is 19.4 Å². The zero-order valence-corrected chi connectivity index (χ0v) is 8.18. The minimum Gasteiger partial charge on any atom is -0.481 e. The summed E-state index contributed by atoms with van der Waals surface area (Å²) in [5.41, 5.74) is 0. The van der Waals surface area contributed by atoms with Gasteiger partial charge in [0, 0.05) is 13.0 Å². The maximum atomic E-state index is 11.5. The molecule has 2 N–H and O–H groups in total. The van der Waals surface area contributed by atoms with Gasteiger partial charge in [-0.2, -0.15) is 0 Å². The van der Waals surface area contributed by atoms with Crippen LogP contribution < -0.4 is 0 Å². The van der Waals surface area contributed by atoms with Gasteiger partial charge in [-0.3, -0.25) is 9.59 Å². The Balaban J connectivity index is 0.00000225. The van der Waals surface area contributed by atoms with Crippen LogP contribution in [0.15, 0.2) is 0 Å². The molecular weight excluding hydrogens is 214 g/mol. The van der Waals surface area contributed by atoms with Crippen molar-refractivity contribution >= 4 is 17.8 Å². The number of carbonyl (C=O) groups excluding carboxylic acids is 1. The van der Waals surface area contributed by atoms with E-state index < -0.39 is 18.0 Å². The minimum atomic E-state index is -1.05. The Hall–Kier alpha value is -1.59. The molecule has 0 aliphatic carbocycles. The van der Waals surface area contributed by atoms with E-state index in [4.69, 9.17) is 10.2 Å². The predicted molar refractivity (Wildman–Crippen MR) is 56.0 cm³/mol. The van der Waals surface area contributed by atoms with E-state index in [1.807, 2.05) is 0 Å². The van der Waals surface area contributed by atoms with Crippen molar-refractivity contribution in [1.82, 2.24) is 4.90 Å². The van der Waals surface area contributed by atoms with Gasteiger partial charge >= 0.3 is 11.9 Å². The van der Waals surface area contributed by atoms with Crippen molar-refractivity contribution in [3.63, 3.8) is 0 Å². The fourth-order valence-corrected chi connectivity index (χ4v) is 1.68. The van der Waals surface area contributed by atoms with Crippen LogP contribution in [0.3, 0.4) is 0 Å². The standard InChI is InChI=1S/C9H13NO5.CH4/c11-7(3-4-8(12)13)10-5-1-2-6(10)9(14)15;/h6H,1-5H2,(H,12,13)(H,14,15);1H4/t6-;/m0./s1. The molecule has 0 aromatic heterocycles. The molecule has 0 spiro atoms. The first-order valence-electron chi connectivity index (χ1n) is 4.76. The van der Waals surface area contributed by atoms with Crippen LogP contribution in [0.5, 0.6) is 0 Å². The van der Waals surface area contributed by atoms with Gasteiger partial charge in [0.1, 0.15) is 6.04 Å². The van der Waals surface area contributed by atoms with Crippen molar-refractivity contribution in [3.05, 3.63) is 0 Å². The summed E-state index contributed by atoms with van der Waals surface area (Å²) < 4.78 is 0. The van der Waals surface area contributed by atoms with Gasteiger partial charge in [-0.1, -0.05) is 7.43 Å². The Morgan fingerprint density at radius 3 is 2.31 bits per heavy atom. The van der Waals surface area contributed by atoms with E-state index in [1.165, 1.54) is 4.90 Å². The van der Waals surface area contributed by atoms with Gasteiger partial charge in [0.2, 0.25) is 5.91 Å². The van der Waals surface area contributed by atoms with Crippen molar-refractivity contribution in [1.29, 1.82) is 0 Å². The zero-order chi connectivity index (χ0) is 11.4. The monoisotopic (exact) mass is 231 g/mol. The highest BCUT2D eigenvalue weighted by Gasteiger charge is 2.33. The molecule has 0 unspecified atom stereocenters. The number of hydrogen-bond acceptors (Lipinski definition) is 3. The molecule has 1 atom stereocenters. The number of carboxylic acids is 2. The Morgan fingerprint density at radius 2 is 1.81 bits per heavy atom. The number of hydrogen-bond donors (Lipinski definition) is 2. The molecule has 16 heavy (non-hydrogen) atoms. The van der Waals surface area contributed by atoms with Crippen LogP contribution in [-0.4, -0.2) is 45.5 Å². The molecule has 6 nitrogen and oxygen atoms in total. The third kappa shape index (κ3) is 3.52. The molecule has 0 bridgehead atoms. The first-order valence-corrected chi connectivity index (χ1v) is 4.76. The van der Waals surface area contributed by atoms with Gasteiger partial charge < -0.3 is 15.1 Å². The molecular formula is C10H17NO5. The summed E-state index contributed by atoms with van der Waals surface area (Å²) in [4.78, 5) is 33.7. The molecule has 0 radical (unpaired) electrons. The summed E-state index contributed by atoms with van der Waals surface area (Å²) in [5.74, 6) is -2.45. The lowest BCUT2D eigenvalue weighted by molar-refractivity contribution is -0.148. The van der Waals surface area contributed by atoms with E-state index in [2.05, 4.69) is 0 Å². The number of amides is 1. The summed E-state index contributed by atoms with van der Waals surface area (Å²) in [7, 11) is 0. The number of nitrogens with zero attached hydrogens (tertiary/aromatic N) is 1. The summed E-state index contributed by atoms with van der Waals surface area (Å²) in [5, 5.41) is 17.2.